The van der Waals surface area contributed by atoms with Crippen LogP contribution in [0, 0.1) is 12.8 Å². The van der Waals surface area contributed by atoms with E-state index in [2.05, 4.69) is 26.2 Å². The van der Waals surface area contributed by atoms with Gasteiger partial charge in [-0.2, -0.15) is 0 Å². The van der Waals surface area contributed by atoms with Crippen LogP contribution in [0.15, 0.2) is 45.6 Å². The molecule has 316 valence electrons. The summed E-state index contributed by atoms with van der Waals surface area (Å²) in [5.74, 6) is -0.570. The second-order valence-corrected chi connectivity index (χ2v) is 16.4. The minimum absolute atomic E-state index is 0.0403. The number of para-hydroxylation sites is 1. The summed E-state index contributed by atoms with van der Waals surface area (Å²) in [5.41, 5.74) is 5.24. The highest BCUT2D eigenvalue weighted by molar-refractivity contribution is 5.91. The number of aryl methyl sites for hydroxylation is 1. The van der Waals surface area contributed by atoms with E-state index in [1.54, 1.807) is 4.90 Å². The lowest BCUT2D eigenvalue weighted by Gasteiger charge is -2.39. The number of urea groups is 1. The molecule has 3 fully saturated rings. The van der Waals surface area contributed by atoms with Crippen LogP contribution in [-0.4, -0.2) is 145 Å². The van der Waals surface area contributed by atoms with E-state index in [4.69, 9.17) is 13.9 Å². The number of anilines is 1. The molecular formula is C43H61N7O8. The molecule has 1 aromatic heterocycles. The number of nitrogens with zero attached hydrogens (tertiary/aromatic N) is 5. The Kier molecular flexibility index (Phi) is 14.5. The molecule has 0 radical (unpaired) electrons. The van der Waals surface area contributed by atoms with Crippen LogP contribution in [0.3, 0.4) is 0 Å². The lowest BCUT2D eigenvalue weighted by molar-refractivity contribution is -0.151. The molecule has 0 aliphatic carbocycles. The van der Waals surface area contributed by atoms with Crippen molar-refractivity contribution in [2.45, 2.75) is 89.8 Å². The number of amides is 4. The van der Waals surface area contributed by atoms with Crippen molar-refractivity contribution in [2.24, 2.45) is 5.92 Å². The van der Waals surface area contributed by atoms with Gasteiger partial charge in [-0.15, -0.1) is 0 Å². The van der Waals surface area contributed by atoms with Crippen molar-refractivity contribution in [1.82, 2.24) is 29.5 Å². The lowest BCUT2D eigenvalue weighted by Crippen LogP contribution is -2.51. The second-order valence-electron chi connectivity index (χ2n) is 16.4. The van der Waals surface area contributed by atoms with Gasteiger partial charge in [-0.1, -0.05) is 31.2 Å². The summed E-state index contributed by atoms with van der Waals surface area (Å²) in [6.45, 7) is 9.58. The van der Waals surface area contributed by atoms with Gasteiger partial charge in [-0.3, -0.25) is 19.5 Å². The molecule has 0 unspecified atom stereocenters. The highest BCUT2D eigenvalue weighted by atomic mass is 16.5. The number of aromatic amines is 1. The van der Waals surface area contributed by atoms with Gasteiger partial charge < -0.3 is 38.8 Å². The van der Waals surface area contributed by atoms with Gasteiger partial charge in [0.15, 0.2) is 5.58 Å². The van der Waals surface area contributed by atoms with E-state index in [9.17, 15) is 24.0 Å². The highest BCUT2D eigenvalue weighted by Crippen LogP contribution is 2.29. The summed E-state index contributed by atoms with van der Waals surface area (Å²) in [5, 5.41) is 3.00. The van der Waals surface area contributed by atoms with Gasteiger partial charge in [-0.25, -0.2) is 14.4 Å². The van der Waals surface area contributed by atoms with Gasteiger partial charge >= 0.3 is 23.8 Å². The number of rotatable bonds is 10. The fourth-order valence-electron chi connectivity index (χ4n) is 8.94. The Morgan fingerprint density at radius 3 is 2.36 bits per heavy atom. The Morgan fingerprint density at radius 1 is 0.931 bits per heavy atom. The number of aromatic nitrogens is 1. The number of benzene rings is 2. The number of oxazole rings is 1. The van der Waals surface area contributed by atoms with E-state index < -0.39 is 5.76 Å². The number of carbonyl (C=O) groups is 4. The molecule has 4 amide bonds. The predicted octanol–water partition coefficient (Wildman–Crippen LogP) is 4.87. The molecule has 4 aliphatic heterocycles. The van der Waals surface area contributed by atoms with Crippen LogP contribution in [0.25, 0.3) is 11.1 Å². The summed E-state index contributed by atoms with van der Waals surface area (Å²) in [4.78, 5) is 74.1. The summed E-state index contributed by atoms with van der Waals surface area (Å²) in [7, 11) is 5.43. The molecule has 15 nitrogen and oxygen atoms in total. The number of esters is 1. The molecule has 0 bridgehead atoms. The van der Waals surface area contributed by atoms with Gasteiger partial charge in [0, 0.05) is 63.0 Å². The number of hydrogen-bond donors (Lipinski definition) is 2. The monoisotopic (exact) mass is 803 g/mol. The quantitative estimate of drug-likeness (QED) is 0.214. The largest absolute Gasteiger partial charge is 0.464 e. The van der Waals surface area contributed by atoms with Crippen molar-refractivity contribution in [3.63, 3.8) is 0 Å². The zero-order valence-corrected chi connectivity index (χ0v) is 34.8. The molecule has 2 aromatic carbocycles. The number of methoxy groups -OCH3 is 1. The summed E-state index contributed by atoms with van der Waals surface area (Å²) >= 11 is 0. The van der Waals surface area contributed by atoms with Gasteiger partial charge in [0.05, 0.1) is 19.2 Å². The zero-order chi connectivity index (χ0) is 41.3. The normalized spacial score (nSPS) is 19.9. The zero-order valence-electron chi connectivity index (χ0n) is 34.8. The number of nitrogens with one attached hydrogen (secondary N) is 2. The number of H-pyrrole nitrogens is 1. The molecule has 7 rings (SSSR count). The summed E-state index contributed by atoms with van der Waals surface area (Å²) in [6, 6.07) is 12.1. The third-order valence-corrected chi connectivity index (χ3v) is 12.0. The number of carbonyl (C=O) groups excluding carboxylic acids is 4. The topological polar surface area (TPSA) is 161 Å². The number of piperidine rings is 2. The Morgan fingerprint density at radius 2 is 1.64 bits per heavy atom. The molecule has 5 heterocycles. The van der Waals surface area contributed by atoms with Gasteiger partial charge in [0.25, 0.3) is 0 Å². The van der Waals surface area contributed by atoms with E-state index in [0.717, 1.165) is 81.3 Å². The third-order valence-electron chi connectivity index (χ3n) is 12.0. The van der Waals surface area contributed by atoms with Crippen LogP contribution in [0.4, 0.5) is 15.3 Å². The van der Waals surface area contributed by atoms with E-state index in [1.807, 2.05) is 68.1 Å². The molecule has 0 saturated carbocycles. The molecule has 15 heteroatoms. The Balaban J connectivity index is 0.000000220. The summed E-state index contributed by atoms with van der Waals surface area (Å²) in [6.07, 6.45) is 7.21. The fourth-order valence-corrected chi connectivity index (χ4v) is 8.94. The van der Waals surface area contributed by atoms with E-state index in [-0.39, 0.29) is 42.0 Å². The first-order chi connectivity index (χ1) is 27.9. The maximum absolute atomic E-state index is 13.2. The van der Waals surface area contributed by atoms with Crippen LogP contribution < -0.4 is 11.1 Å². The van der Waals surface area contributed by atoms with E-state index in [0.29, 0.717) is 62.9 Å². The van der Waals surface area contributed by atoms with Crippen LogP contribution in [-0.2, 0) is 31.9 Å². The molecule has 3 saturated heterocycles. The smallest absolute Gasteiger partial charge is 0.417 e. The van der Waals surface area contributed by atoms with Crippen molar-refractivity contribution in [3.05, 3.63) is 63.6 Å². The first kappa shape index (κ1) is 42.7. The number of fused-ring (bicyclic) bond motifs is 2. The number of ether oxygens (including phenoxy) is 2. The lowest BCUT2D eigenvalue weighted by atomic mass is 9.96. The average Bonchev–Trinajstić information content (AvgIpc) is 3.83. The minimum Gasteiger partial charge on any atom is -0.464 e. The highest BCUT2D eigenvalue weighted by Gasteiger charge is 2.38. The molecule has 2 N–H and O–H groups in total. The Bertz CT molecular complexity index is 1950. The number of likely N-dealkylation sites (tertiary alicyclic amines) is 3. The van der Waals surface area contributed by atoms with Crippen molar-refractivity contribution >= 4 is 40.8 Å². The van der Waals surface area contributed by atoms with Crippen molar-refractivity contribution in [3.8, 4) is 0 Å². The molecule has 4 aliphatic rings. The molecule has 58 heavy (non-hydrogen) atoms. The Labute approximate surface area is 340 Å². The molecular weight excluding hydrogens is 743 g/mol. The minimum atomic E-state index is -0.463. The second kappa shape index (κ2) is 19.7. The van der Waals surface area contributed by atoms with E-state index >= 15 is 0 Å². The molecule has 3 aromatic rings. The first-order valence-electron chi connectivity index (χ1n) is 20.9. The van der Waals surface area contributed by atoms with Gasteiger partial charge in [-0.05, 0) is 114 Å². The predicted molar refractivity (Wildman–Crippen MR) is 221 cm³/mol. The number of hydrogen-bond acceptors (Lipinski definition) is 10. The van der Waals surface area contributed by atoms with Crippen LogP contribution in [0.2, 0.25) is 0 Å². The fraction of sp³-hybridized carbons (Fsp3) is 0.605. The summed E-state index contributed by atoms with van der Waals surface area (Å²) < 4.78 is 15.6. The van der Waals surface area contributed by atoms with Crippen molar-refractivity contribution in [1.29, 1.82) is 0 Å². The Hall–Kier alpha value is -4.89. The van der Waals surface area contributed by atoms with Crippen LogP contribution in [0.1, 0.15) is 68.6 Å². The maximum Gasteiger partial charge on any atom is 0.417 e. The van der Waals surface area contributed by atoms with E-state index in [1.165, 1.54) is 12.7 Å². The van der Waals surface area contributed by atoms with Crippen LogP contribution >= 0.6 is 0 Å². The van der Waals surface area contributed by atoms with Gasteiger partial charge in [0.2, 0.25) is 5.91 Å². The standard InChI is InChI=1S/C27H40N4O5.C16H21N3O3/c1-18-15-20(17-23-24(18)28-27(34)36-23)16-19(2)25(32)30-12-8-21(9-13-30)31-11-5-7-22(31)26(33)35-14-6-10-29(3)4;1-22-16(21)18-9-7-13(8-10-18)19-11-6-12-4-2-3-5-14(12)17-15(19)20/h15,17,19,21-22H,5-14,16H2,1-4H3,(H,28,34);2-5,13H,6-11H2,1H3,(H,17,20)/t19-,22-;/m1./s1. The molecule has 0 spiro atoms. The first-order valence-corrected chi connectivity index (χ1v) is 20.9. The maximum atomic E-state index is 13.2. The van der Waals surface area contributed by atoms with Crippen molar-refractivity contribution in [2.75, 3.05) is 78.9 Å². The van der Waals surface area contributed by atoms with Crippen LogP contribution in [0.5, 0.6) is 0 Å². The SMILES string of the molecule is COC(=O)N1CCC(N2CCc3ccccc3NC2=O)CC1.Cc1cc(C[C@@H](C)C(=O)N2CCC(N3CCC[C@@H]3C(=O)OCCCN(C)C)CC2)cc2oc(=O)[nH]c12. The average molecular weight is 804 g/mol. The van der Waals surface area contributed by atoms with Crippen molar-refractivity contribution < 1.29 is 33.1 Å². The molecule has 2 atom stereocenters. The third kappa shape index (κ3) is 10.6. The van der Waals surface area contributed by atoms with Gasteiger partial charge in [0.1, 0.15) is 6.04 Å².